The van der Waals surface area contributed by atoms with E-state index in [0.29, 0.717) is 0 Å². The molecule has 1 aliphatic heterocycles. The number of aliphatic imine (C=N–C) groups is 1. The van der Waals surface area contributed by atoms with Gasteiger partial charge in [0.15, 0.2) is 0 Å². The van der Waals surface area contributed by atoms with Crippen molar-refractivity contribution < 1.29 is 0 Å². The summed E-state index contributed by atoms with van der Waals surface area (Å²) in [4.78, 5) is 4.45. The molecule has 0 saturated carbocycles. The van der Waals surface area contributed by atoms with Gasteiger partial charge in [-0.05, 0) is 28.1 Å². The molecule has 92 valence electrons. The molecule has 0 aliphatic carbocycles. The maximum Gasteiger partial charge on any atom is 0.0583 e. The van der Waals surface area contributed by atoms with Crippen molar-refractivity contribution in [1.29, 1.82) is 0 Å². The fourth-order valence-electron chi connectivity index (χ4n) is 1.69. The number of thiol groups is 1. The van der Waals surface area contributed by atoms with Gasteiger partial charge in [0.05, 0.1) is 5.71 Å². The fourth-order valence-corrected chi connectivity index (χ4v) is 2.67. The fraction of sp³-hybridized carbons (Fsp3) is 0.188. The van der Waals surface area contributed by atoms with Crippen LogP contribution in [0.25, 0.3) is 0 Å². The molecule has 1 heterocycles. The predicted molar refractivity (Wildman–Crippen MR) is 82.9 cm³/mol. The third-order valence-corrected chi connectivity index (χ3v) is 3.91. The van der Waals surface area contributed by atoms with Crippen LogP contribution in [0.4, 0.5) is 0 Å². The average molecular weight is 255 g/mol. The van der Waals surface area contributed by atoms with Gasteiger partial charge in [0.2, 0.25) is 0 Å². The molecule has 0 radical (unpaired) electrons. The maximum atomic E-state index is 4.45. The van der Waals surface area contributed by atoms with Crippen molar-refractivity contribution >= 4 is 16.6 Å². The first kappa shape index (κ1) is 12.7. The zero-order valence-electron chi connectivity index (χ0n) is 10.5. The minimum absolute atomic E-state index is 0.383. The van der Waals surface area contributed by atoms with Crippen LogP contribution >= 0.6 is 10.9 Å². The molecule has 0 unspecified atom stereocenters. The van der Waals surface area contributed by atoms with Crippen LogP contribution < -0.4 is 0 Å². The van der Waals surface area contributed by atoms with E-state index in [1.165, 1.54) is 5.56 Å². The van der Waals surface area contributed by atoms with Gasteiger partial charge in [-0.2, -0.15) is 0 Å². The SMILES string of the molecule is CCC/C(=N\C#C[SH]1C=CC=C1)c1ccccc1. The summed E-state index contributed by atoms with van der Waals surface area (Å²) < 4.78 is 0. The monoisotopic (exact) mass is 255 g/mol. The van der Waals surface area contributed by atoms with Crippen molar-refractivity contribution in [1.82, 2.24) is 0 Å². The largest absolute Gasteiger partial charge is 0.201 e. The Morgan fingerprint density at radius 1 is 1.17 bits per heavy atom. The number of nitrogens with zero attached hydrogens (tertiary/aromatic N) is 1. The molecule has 18 heavy (non-hydrogen) atoms. The van der Waals surface area contributed by atoms with E-state index < -0.39 is 0 Å². The minimum Gasteiger partial charge on any atom is -0.201 e. The van der Waals surface area contributed by atoms with Gasteiger partial charge < -0.3 is 0 Å². The van der Waals surface area contributed by atoms with Crippen LogP contribution in [0.3, 0.4) is 0 Å². The number of hydrogen-bond donors (Lipinski definition) is 1. The third-order valence-electron chi connectivity index (χ3n) is 2.57. The van der Waals surface area contributed by atoms with Crippen molar-refractivity contribution in [3.63, 3.8) is 0 Å². The highest BCUT2D eigenvalue weighted by molar-refractivity contribution is 8.26. The van der Waals surface area contributed by atoms with Crippen molar-refractivity contribution in [2.24, 2.45) is 4.99 Å². The topological polar surface area (TPSA) is 12.4 Å². The van der Waals surface area contributed by atoms with Gasteiger partial charge in [-0.15, -0.1) is 10.9 Å². The molecule has 2 rings (SSSR count). The maximum absolute atomic E-state index is 4.45. The predicted octanol–water partition coefficient (Wildman–Crippen LogP) is 4.24. The van der Waals surface area contributed by atoms with E-state index in [1.54, 1.807) is 0 Å². The second kappa shape index (κ2) is 6.88. The summed E-state index contributed by atoms with van der Waals surface area (Å²) in [5.41, 5.74) is 2.27. The van der Waals surface area contributed by atoms with Crippen LogP contribution in [-0.2, 0) is 0 Å². The number of allylic oxidation sites excluding steroid dienone is 2. The van der Waals surface area contributed by atoms with Crippen molar-refractivity contribution in [3.8, 4) is 11.3 Å². The second-order valence-electron chi connectivity index (χ2n) is 3.99. The molecule has 0 bridgehead atoms. The molecule has 2 heteroatoms. The van der Waals surface area contributed by atoms with Crippen LogP contribution in [0.1, 0.15) is 25.3 Å². The number of benzene rings is 1. The smallest absolute Gasteiger partial charge is 0.0583 e. The highest BCUT2D eigenvalue weighted by Gasteiger charge is 2.00. The van der Waals surface area contributed by atoms with Crippen molar-refractivity contribution in [3.05, 3.63) is 58.9 Å². The summed E-state index contributed by atoms with van der Waals surface area (Å²) >= 11 is 0. The number of hydrogen-bond acceptors (Lipinski definition) is 1. The Labute approximate surface area is 112 Å². The summed E-state index contributed by atoms with van der Waals surface area (Å²) in [7, 11) is -0.383. The first-order valence-corrected chi connectivity index (χ1v) is 7.64. The lowest BCUT2D eigenvalue weighted by molar-refractivity contribution is 0.993. The highest BCUT2D eigenvalue weighted by Crippen LogP contribution is 2.30. The molecule has 0 saturated heterocycles. The van der Waals surface area contributed by atoms with E-state index in [2.05, 4.69) is 46.2 Å². The lowest BCUT2D eigenvalue weighted by Crippen LogP contribution is -1.99. The van der Waals surface area contributed by atoms with Crippen LogP contribution in [0, 0.1) is 11.3 Å². The van der Waals surface area contributed by atoms with Crippen LogP contribution in [0.5, 0.6) is 0 Å². The Kier molecular flexibility index (Phi) is 4.87. The van der Waals surface area contributed by atoms with E-state index in [-0.39, 0.29) is 10.9 Å². The Morgan fingerprint density at radius 2 is 1.89 bits per heavy atom. The summed E-state index contributed by atoms with van der Waals surface area (Å²) in [6.45, 7) is 2.17. The summed E-state index contributed by atoms with van der Waals surface area (Å²) in [5.74, 6) is 0. The molecule has 1 nitrogen and oxygen atoms in total. The minimum atomic E-state index is -0.383. The Morgan fingerprint density at radius 3 is 2.56 bits per heavy atom. The molecular weight excluding hydrogens is 238 g/mol. The Balaban J connectivity index is 2.14. The van der Waals surface area contributed by atoms with Gasteiger partial charge in [0.1, 0.15) is 0 Å². The molecule has 0 fully saturated rings. The van der Waals surface area contributed by atoms with Gasteiger partial charge in [-0.1, -0.05) is 55.8 Å². The summed E-state index contributed by atoms with van der Waals surface area (Å²) in [6, 6.07) is 13.3. The van der Waals surface area contributed by atoms with Gasteiger partial charge in [0.25, 0.3) is 0 Å². The zero-order valence-corrected chi connectivity index (χ0v) is 11.4. The molecular formula is C16H17NS. The summed E-state index contributed by atoms with van der Waals surface area (Å²) in [6.07, 6.45) is 6.16. The molecule has 1 aromatic carbocycles. The van der Waals surface area contributed by atoms with Crippen LogP contribution in [0.15, 0.2) is 58.3 Å². The zero-order chi connectivity index (χ0) is 12.6. The van der Waals surface area contributed by atoms with Crippen molar-refractivity contribution in [2.75, 3.05) is 0 Å². The van der Waals surface area contributed by atoms with E-state index >= 15 is 0 Å². The van der Waals surface area contributed by atoms with Crippen LogP contribution in [0.2, 0.25) is 0 Å². The Bertz CT molecular complexity index is 517. The summed E-state index contributed by atoms with van der Waals surface area (Å²) in [5, 5.41) is 7.47. The first-order valence-electron chi connectivity index (χ1n) is 6.16. The standard InChI is InChI=1S/C16H17NS/c1-2-8-16(15-9-4-3-5-10-15)17-11-14-18-12-6-7-13-18/h3-7,9-10,12-13,18H,2,8H2,1H3/b17-16+. The van der Waals surface area contributed by atoms with Crippen LogP contribution in [-0.4, -0.2) is 5.71 Å². The molecule has 0 atom stereocenters. The van der Waals surface area contributed by atoms with Crippen molar-refractivity contribution in [2.45, 2.75) is 19.8 Å². The quantitative estimate of drug-likeness (QED) is 0.471. The van der Waals surface area contributed by atoms with E-state index in [4.69, 9.17) is 0 Å². The molecule has 0 amide bonds. The molecule has 0 N–H and O–H groups in total. The van der Waals surface area contributed by atoms with Gasteiger partial charge in [0, 0.05) is 6.04 Å². The third kappa shape index (κ3) is 3.65. The van der Waals surface area contributed by atoms with Gasteiger partial charge in [-0.3, -0.25) is 0 Å². The second-order valence-corrected chi connectivity index (χ2v) is 5.62. The normalized spacial score (nSPS) is 15.6. The average Bonchev–Trinajstić information content (AvgIpc) is 2.92. The van der Waals surface area contributed by atoms with Gasteiger partial charge >= 0.3 is 0 Å². The van der Waals surface area contributed by atoms with E-state index in [0.717, 1.165) is 18.6 Å². The van der Waals surface area contributed by atoms with Gasteiger partial charge in [-0.25, -0.2) is 4.99 Å². The molecule has 1 aliphatic rings. The lowest BCUT2D eigenvalue weighted by Gasteiger charge is -2.02. The lowest BCUT2D eigenvalue weighted by atomic mass is 10.1. The highest BCUT2D eigenvalue weighted by atomic mass is 32.2. The molecule has 0 aromatic heterocycles. The Hall–Kier alpha value is -1.72. The van der Waals surface area contributed by atoms with E-state index in [9.17, 15) is 0 Å². The molecule has 1 aromatic rings. The first-order chi connectivity index (χ1) is 8.90. The van der Waals surface area contributed by atoms with E-state index in [1.807, 2.05) is 30.4 Å². The molecule has 0 spiro atoms. The number of rotatable bonds is 3.